The number of nitrogens with two attached hydrogens (primary N) is 1. The number of carbonyl (C=O) groups is 2. The molecule has 1 heterocycles. The second kappa shape index (κ2) is 11.0. The summed E-state index contributed by atoms with van der Waals surface area (Å²) in [7, 11) is 0. The number of anilines is 1. The van der Waals surface area contributed by atoms with Crippen LogP contribution in [0.4, 0.5) is 5.69 Å². The highest BCUT2D eigenvalue weighted by atomic mass is 35.5. The molecule has 0 saturated heterocycles. The van der Waals surface area contributed by atoms with Crippen LogP contribution in [0.1, 0.15) is 77.7 Å². The number of rotatable bonds is 5. The first-order chi connectivity index (χ1) is 18.3. The number of amides is 2. The molecule has 5 atom stereocenters. The van der Waals surface area contributed by atoms with Gasteiger partial charge in [0.15, 0.2) is 0 Å². The third-order valence-corrected chi connectivity index (χ3v) is 8.35. The molecule has 2 aliphatic rings. The second-order valence-corrected chi connectivity index (χ2v) is 11.0. The van der Waals surface area contributed by atoms with Crippen LogP contribution in [0.25, 0.3) is 0 Å². The molecule has 1 aliphatic carbocycles. The Hall–Kier alpha value is -3.06. The molecule has 0 radical (unpaired) electrons. The number of halogens is 2. The maximum absolute atomic E-state index is 14.2. The van der Waals surface area contributed by atoms with E-state index in [4.69, 9.17) is 28.9 Å². The number of nitrogen functional groups attached to an aromatic ring is 1. The van der Waals surface area contributed by atoms with E-state index in [-0.39, 0.29) is 17.9 Å². The number of hydrogen-bond acceptors (Lipinski definition) is 4. The fourth-order valence-corrected chi connectivity index (χ4v) is 6.38. The average molecular weight is 553 g/mol. The zero-order valence-electron chi connectivity index (χ0n) is 21.1. The molecule has 1 saturated carbocycles. The molecule has 1 fully saturated rings. The predicted octanol–water partition coefficient (Wildman–Crippen LogP) is 6.04. The number of nitrogens with zero attached hydrogens (tertiary/aromatic N) is 1. The van der Waals surface area contributed by atoms with Crippen LogP contribution in [0.15, 0.2) is 66.7 Å². The first kappa shape index (κ1) is 26.5. The van der Waals surface area contributed by atoms with Gasteiger partial charge in [-0.05, 0) is 66.8 Å². The highest BCUT2D eigenvalue weighted by molar-refractivity contribution is 6.35. The van der Waals surface area contributed by atoms with E-state index in [1.165, 1.54) is 0 Å². The standard InChI is InChI=1S/C30H31Cl2N3O3/c1-17(18-10-13-20(33)14-11-18)34-29(37)27-21-6-2-3-7-22(21)30(38)35(25-8-4-5-9-26(25)36)28(27)23-15-12-19(31)16-24(23)32/h2-3,6-7,10-17,25-28,36H,4-5,8-9,33H2,1H3,(H,34,37)/t17?,25-,26-,27+,28-/m0/s1. The summed E-state index contributed by atoms with van der Waals surface area (Å²) >= 11 is 13.0. The van der Waals surface area contributed by atoms with Crippen molar-refractivity contribution in [2.75, 3.05) is 5.73 Å². The van der Waals surface area contributed by atoms with Crippen molar-refractivity contribution in [3.05, 3.63) is 99.0 Å². The summed E-state index contributed by atoms with van der Waals surface area (Å²) in [5, 5.41) is 15.0. The van der Waals surface area contributed by atoms with E-state index in [1.54, 1.807) is 47.4 Å². The van der Waals surface area contributed by atoms with Crippen molar-refractivity contribution >= 4 is 40.7 Å². The largest absolute Gasteiger partial charge is 0.399 e. The van der Waals surface area contributed by atoms with Gasteiger partial charge in [0.25, 0.3) is 5.91 Å². The normalized spacial score (nSPS) is 24.0. The fraction of sp³-hybridized carbons (Fsp3) is 0.333. The quantitative estimate of drug-likeness (QED) is 0.337. The van der Waals surface area contributed by atoms with Gasteiger partial charge in [0, 0.05) is 21.3 Å². The molecular formula is C30H31Cl2N3O3. The van der Waals surface area contributed by atoms with Crippen LogP contribution in [0, 0.1) is 0 Å². The number of fused-ring (bicyclic) bond motifs is 1. The van der Waals surface area contributed by atoms with E-state index in [1.807, 2.05) is 31.2 Å². The number of aliphatic hydroxyl groups excluding tert-OH is 1. The van der Waals surface area contributed by atoms with Gasteiger partial charge in [0.2, 0.25) is 5.91 Å². The molecular weight excluding hydrogens is 521 g/mol. The molecule has 5 rings (SSSR count). The Bertz CT molecular complexity index is 1350. The number of aliphatic hydroxyl groups is 1. The summed E-state index contributed by atoms with van der Waals surface area (Å²) in [4.78, 5) is 30.0. The number of carbonyl (C=O) groups excluding carboxylic acids is 2. The smallest absolute Gasteiger partial charge is 0.255 e. The minimum atomic E-state index is -0.757. The number of hydrogen-bond donors (Lipinski definition) is 3. The van der Waals surface area contributed by atoms with Gasteiger partial charge in [-0.2, -0.15) is 0 Å². The first-order valence-electron chi connectivity index (χ1n) is 13.0. The molecule has 0 bridgehead atoms. The van der Waals surface area contributed by atoms with Crippen molar-refractivity contribution < 1.29 is 14.7 Å². The van der Waals surface area contributed by atoms with E-state index >= 15 is 0 Å². The van der Waals surface area contributed by atoms with E-state index < -0.39 is 24.1 Å². The van der Waals surface area contributed by atoms with Crippen molar-refractivity contribution in [2.45, 2.75) is 62.8 Å². The molecule has 3 aromatic carbocycles. The van der Waals surface area contributed by atoms with Gasteiger partial charge < -0.3 is 21.1 Å². The summed E-state index contributed by atoms with van der Waals surface area (Å²) < 4.78 is 0. The molecule has 1 aliphatic heterocycles. The lowest BCUT2D eigenvalue weighted by molar-refractivity contribution is -0.125. The lowest BCUT2D eigenvalue weighted by Crippen LogP contribution is -2.55. The molecule has 6 nitrogen and oxygen atoms in total. The Labute approximate surface area is 232 Å². The Morgan fingerprint density at radius 2 is 1.74 bits per heavy atom. The Balaban J connectivity index is 1.64. The highest BCUT2D eigenvalue weighted by Gasteiger charge is 2.49. The summed E-state index contributed by atoms with van der Waals surface area (Å²) in [5.41, 5.74) is 9.13. The van der Waals surface area contributed by atoms with Crippen LogP contribution in [-0.4, -0.2) is 34.0 Å². The molecule has 0 aromatic heterocycles. The molecule has 4 N–H and O–H groups in total. The van der Waals surface area contributed by atoms with Crippen LogP contribution in [0.2, 0.25) is 10.0 Å². The number of benzene rings is 3. The molecule has 8 heteroatoms. The number of nitrogens with one attached hydrogen (secondary N) is 1. The molecule has 38 heavy (non-hydrogen) atoms. The molecule has 1 unspecified atom stereocenters. The highest BCUT2D eigenvalue weighted by Crippen LogP contribution is 2.48. The Kier molecular flexibility index (Phi) is 7.66. The van der Waals surface area contributed by atoms with E-state index in [0.717, 1.165) is 18.4 Å². The van der Waals surface area contributed by atoms with Crippen LogP contribution >= 0.6 is 23.2 Å². The molecule has 0 spiro atoms. The fourth-order valence-electron chi connectivity index (χ4n) is 5.86. The summed E-state index contributed by atoms with van der Waals surface area (Å²) in [6.45, 7) is 1.91. The van der Waals surface area contributed by atoms with Gasteiger partial charge in [0.1, 0.15) is 0 Å². The van der Waals surface area contributed by atoms with Crippen LogP contribution in [0.3, 0.4) is 0 Å². The van der Waals surface area contributed by atoms with Crippen LogP contribution < -0.4 is 11.1 Å². The third-order valence-electron chi connectivity index (χ3n) is 7.79. The SMILES string of the molecule is CC(NC(=O)[C@@H]1c2ccccc2C(=O)N([C@H]2CCCC[C@@H]2O)[C@H]1c1ccc(Cl)cc1Cl)c1ccc(N)cc1. The maximum Gasteiger partial charge on any atom is 0.255 e. The third kappa shape index (κ3) is 5.00. The van der Waals surface area contributed by atoms with Crippen LogP contribution in [-0.2, 0) is 4.79 Å². The topological polar surface area (TPSA) is 95.7 Å². The van der Waals surface area contributed by atoms with Crippen molar-refractivity contribution in [1.29, 1.82) is 0 Å². The van der Waals surface area contributed by atoms with E-state index in [0.29, 0.717) is 45.3 Å². The van der Waals surface area contributed by atoms with Gasteiger partial charge in [-0.25, -0.2) is 0 Å². The summed E-state index contributed by atoms with van der Waals surface area (Å²) in [5.74, 6) is -1.20. The van der Waals surface area contributed by atoms with Gasteiger partial charge in [0.05, 0.1) is 30.1 Å². The van der Waals surface area contributed by atoms with Crippen molar-refractivity contribution in [3.8, 4) is 0 Å². The minimum Gasteiger partial charge on any atom is -0.399 e. The van der Waals surface area contributed by atoms with E-state index in [9.17, 15) is 14.7 Å². The van der Waals surface area contributed by atoms with Crippen LogP contribution in [0.5, 0.6) is 0 Å². The van der Waals surface area contributed by atoms with Crippen molar-refractivity contribution in [2.24, 2.45) is 0 Å². The lowest BCUT2D eigenvalue weighted by Gasteiger charge is -2.48. The minimum absolute atomic E-state index is 0.210. The van der Waals surface area contributed by atoms with Crippen molar-refractivity contribution in [3.63, 3.8) is 0 Å². The molecule has 198 valence electrons. The predicted molar refractivity (Wildman–Crippen MR) is 150 cm³/mol. The molecule has 3 aromatic rings. The van der Waals surface area contributed by atoms with Gasteiger partial charge in [-0.3, -0.25) is 9.59 Å². The molecule has 2 amide bonds. The zero-order valence-corrected chi connectivity index (χ0v) is 22.6. The Morgan fingerprint density at radius 3 is 2.45 bits per heavy atom. The summed E-state index contributed by atoms with van der Waals surface area (Å²) in [6, 6.07) is 18.3. The van der Waals surface area contributed by atoms with Gasteiger partial charge in [-0.15, -0.1) is 0 Å². The first-order valence-corrected chi connectivity index (χ1v) is 13.7. The van der Waals surface area contributed by atoms with Gasteiger partial charge >= 0.3 is 0 Å². The van der Waals surface area contributed by atoms with Gasteiger partial charge in [-0.1, -0.05) is 72.4 Å². The Morgan fingerprint density at radius 1 is 1.03 bits per heavy atom. The van der Waals surface area contributed by atoms with Crippen molar-refractivity contribution in [1.82, 2.24) is 10.2 Å². The maximum atomic E-state index is 14.2. The summed E-state index contributed by atoms with van der Waals surface area (Å²) in [6.07, 6.45) is 2.34. The van der Waals surface area contributed by atoms with E-state index in [2.05, 4.69) is 5.32 Å². The second-order valence-electron chi connectivity index (χ2n) is 10.2. The zero-order chi connectivity index (χ0) is 27.0. The lowest BCUT2D eigenvalue weighted by atomic mass is 9.76. The average Bonchev–Trinajstić information content (AvgIpc) is 2.90. The monoisotopic (exact) mass is 551 g/mol.